The molecule has 0 atom stereocenters. The van der Waals surface area contributed by atoms with Gasteiger partial charge >= 0.3 is 0 Å². The van der Waals surface area contributed by atoms with E-state index in [2.05, 4.69) is 26.1 Å². The van der Waals surface area contributed by atoms with E-state index in [1.54, 1.807) is 18.5 Å². The van der Waals surface area contributed by atoms with Gasteiger partial charge in [-0.15, -0.1) is 10.2 Å². The Bertz CT molecular complexity index is 1240. The maximum atomic E-state index is 12.1. The average Bonchev–Trinajstić information content (AvgIpc) is 3.30. The molecule has 32 heavy (non-hydrogen) atoms. The molecule has 0 aliphatic carbocycles. The molecule has 2 amide bonds. The van der Waals surface area contributed by atoms with Gasteiger partial charge in [0.25, 0.3) is 5.91 Å². The number of hydrogen-bond acceptors (Lipinski definition) is 6. The highest BCUT2D eigenvalue weighted by atomic mass is 16.2. The van der Waals surface area contributed by atoms with Crippen LogP contribution in [-0.4, -0.2) is 44.5 Å². The first-order valence-electron chi connectivity index (χ1n) is 10.6. The summed E-state index contributed by atoms with van der Waals surface area (Å²) in [4.78, 5) is 28.0. The molecule has 0 saturated carbocycles. The summed E-state index contributed by atoms with van der Waals surface area (Å²) in [5.41, 5.74) is 3.97. The number of unbranched alkanes of at least 4 members (excludes halogenated alkanes) is 1. The number of aromatic nitrogens is 4. The number of carbonyl (C=O) groups excluding carboxylic acids is 2. The molecule has 4 aromatic rings. The Kier molecular flexibility index (Phi) is 6.54. The third kappa shape index (κ3) is 5.00. The number of benzene rings is 2. The molecule has 0 fully saturated rings. The second-order valence-electron chi connectivity index (χ2n) is 7.47. The van der Waals surface area contributed by atoms with Crippen molar-refractivity contribution in [2.45, 2.75) is 26.3 Å². The van der Waals surface area contributed by atoms with Gasteiger partial charge in [-0.3, -0.25) is 14.0 Å². The maximum absolute atomic E-state index is 12.1. The normalized spacial score (nSPS) is 10.9. The van der Waals surface area contributed by atoms with Gasteiger partial charge in [-0.1, -0.05) is 24.3 Å². The number of carbonyl (C=O) groups is 2. The summed E-state index contributed by atoms with van der Waals surface area (Å²) < 4.78 is 1.90. The van der Waals surface area contributed by atoms with Crippen molar-refractivity contribution in [3.05, 3.63) is 66.0 Å². The van der Waals surface area contributed by atoms with Crippen molar-refractivity contribution in [1.82, 2.24) is 30.2 Å². The Labute approximate surface area is 185 Å². The van der Waals surface area contributed by atoms with Crippen molar-refractivity contribution < 1.29 is 9.59 Å². The Hall–Kier alpha value is -4.01. The van der Waals surface area contributed by atoms with Crippen LogP contribution >= 0.6 is 0 Å². The SMILES string of the molecule is CC(=O)NCc1ccc2c(c1)nc(NCCCCNC(=O)c1ccccc1)c1nncn12. The fraction of sp³-hybridized carbons (Fsp3) is 0.261. The monoisotopic (exact) mass is 431 g/mol. The first kappa shape index (κ1) is 21.2. The van der Waals surface area contributed by atoms with E-state index in [-0.39, 0.29) is 11.8 Å². The molecule has 2 heterocycles. The summed E-state index contributed by atoms with van der Waals surface area (Å²) in [5, 5.41) is 17.3. The minimum atomic E-state index is -0.0744. The smallest absolute Gasteiger partial charge is 0.251 e. The predicted molar refractivity (Wildman–Crippen MR) is 122 cm³/mol. The third-order valence-corrected chi connectivity index (χ3v) is 5.05. The van der Waals surface area contributed by atoms with Crippen LogP contribution in [0.1, 0.15) is 35.7 Å². The van der Waals surface area contributed by atoms with Crippen molar-refractivity contribution >= 4 is 34.3 Å². The molecule has 2 aromatic carbocycles. The minimum absolute atomic E-state index is 0.0602. The van der Waals surface area contributed by atoms with Gasteiger partial charge in [-0.25, -0.2) is 4.98 Å². The standard InChI is InChI=1S/C23H25N7O2/c1-16(31)26-14-17-9-10-20-19(13-17)28-21(22-29-27-15-30(20)22)24-11-5-6-12-25-23(32)18-7-3-2-4-8-18/h2-4,7-10,13,15H,5-6,11-12,14H2,1H3,(H,24,28)(H,25,32)(H,26,31). The zero-order valence-corrected chi connectivity index (χ0v) is 17.8. The van der Waals surface area contributed by atoms with E-state index in [4.69, 9.17) is 4.98 Å². The number of nitrogens with one attached hydrogen (secondary N) is 3. The second kappa shape index (κ2) is 9.86. The molecule has 0 unspecified atom stereocenters. The van der Waals surface area contributed by atoms with Gasteiger partial charge in [0.1, 0.15) is 6.33 Å². The third-order valence-electron chi connectivity index (χ3n) is 5.05. The summed E-state index contributed by atoms with van der Waals surface area (Å²) in [5.74, 6) is 0.518. The molecule has 0 spiro atoms. The van der Waals surface area contributed by atoms with Crippen molar-refractivity contribution in [3.63, 3.8) is 0 Å². The molecule has 4 rings (SSSR count). The summed E-state index contributed by atoms with van der Waals surface area (Å²) in [6.07, 6.45) is 3.36. The van der Waals surface area contributed by atoms with Crippen LogP contribution in [-0.2, 0) is 11.3 Å². The lowest BCUT2D eigenvalue weighted by Crippen LogP contribution is -2.24. The molecule has 0 bridgehead atoms. The van der Waals surface area contributed by atoms with Crippen LogP contribution in [0.4, 0.5) is 5.82 Å². The van der Waals surface area contributed by atoms with E-state index >= 15 is 0 Å². The summed E-state index contributed by atoms with van der Waals surface area (Å²) in [7, 11) is 0. The number of amides is 2. The number of hydrogen-bond donors (Lipinski definition) is 3. The van der Waals surface area contributed by atoms with Crippen molar-refractivity contribution in [2.75, 3.05) is 18.4 Å². The lowest BCUT2D eigenvalue weighted by Gasteiger charge is -2.11. The van der Waals surface area contributed by atoms with Crippen LogP contribution in [0.3, 0.4) is 0 Å². The molecule has 0 saturated heterocycles. The molecular weight excluding hydrogens is 406 g/mol. The van der Waals surface area contributed by atoms with Gasteiger partial charge in [0.2, 0.25) is 11.6 Å². The highest BCUT2D eigenvalue weighted by molar-refractivity contribution is 5.94. The first-order chi connectivity index (χ1) is 15.6. The maximum Gasteiger partial charge on any atom is 0.251 e. The van der Waals surface area contributed by atoms with E-state index in [0.29, 0.717) is 36.7 Å². The quantitative estimate of drug-likeness (QED) is 0.351. The van der Waals surface area contributed by atoms with Gasteiger partial charge in [-0.2, -0.15) is 0 Å². The largest absolute Gasteiger partial charge is 0.367 e. The molecule has 0 aliphatic rings. The molecule has 9 heteroatoms. The van der Waals surface area contributed by atoms with E-state index < -0.39 is 0 Å². The van der Waals surface area contributed by atoms with Gasteiger partial charge < -0.3 is 16.0 Å². The van der Waals surface area contributed by atoms with Crippen molar-refractivity contribution in [3.8, 4) is 0 Å². The van der Waals surface area contributed by atoms with Crippen LogP contribution in [0, 0.1) is 0 Å². The van der Waals surface area contributed by atoms with Gasteiger partial charge in [0.05, 0.1) is 11.0 Å². The number of anilines is 1. The van der Waals surface area contributed by atoms with Crippen LogP contribution in [0.2, 0.25) is 0 Å². The first-order valence-corrected chi connectivity index (χ1v) is 10.6. The van der Waals surface area contributed by atoms with Gasteiger partial charge in [-0.05, 0) is 42.7 Å². The van der Waals surface area contributed by atoms with Crippen LogP contribution < -0.4 is 16.0 Å². The summed E-state index contributed by atoms with van der Waals surface area (Å²) >= 11 is 0. The lowest BCUT2D eigenvalue weighted by molar-refractivity contribution is -0.119. The highest BCUT2D eigenvalue weighted by Crippen LogP contribution is 2.21. The predicted octanol–water partition coefficient (Wildman–Crippen LogP) is 2.54. The second-order valence-corrected chi connectivity index (χ2v) is 7.47. The molecule has 3 N–H and O–H groups in total. The fourth-order valence-electron chi connectivity index (χ4n) is 3.41. The summed E-state index contributed by atoms with van der Waals surface area (Å²) in [6, 6.07) is 15.0. The Morgan fingerprint density at radius 1 is 1.00 bits per heavy atom. The minimum Gasteiger partial charge on any atom is -0.367 e. The molecular formula is C23H25N7O2. The van der Waals surface area contributed by atoms with E-state index in [9.17, 15) is 9.59 Å². The number of nitrogens with zero attached hydrogens (tertiary/aromatic N) is 4. The van der Waals surface area contributed by atoms with Gasteiger partial charge in [0, 0.05) is 32.1 Å². The fourth-order valence-corrected chi connectivity index (χ4v) is 3.41. The number of rotatable bonds is 9. The average molecular weight is 432 g/mol. The molecule has 0 radical (unpaired) electrons. The molecule has 164 valence electrons. The topological polar surface area (TPSA) is 113 Å². The van der Waals surface area contributed by atoms with Crippen molar-refractivity contribution in [1.29, 1.82) is 0 Å². The Balaban J connectivity index is 1.36. The van der Waals surface area contributed by atoms with Crippen LogP contribution in [0.15, 0.2) is 54.9 Å². The molecule has 9 nitrogen and oxygen atoms in total. The van der Waals surface area contributed by atoms with E-state index in [1.807, 2.05) is 40.8 Å². The Morgan fingerprint density at radius 3 is 2.62 bits per heavy atom. The molecule has 0 aliphatic heterocycles. The van der Waals surface area contributed by atoms with Crippen molar-refractivity contribution in [2.24, 2.45) is 0 Å². The van der Waals surface area contributed by atoms with Crippen LogP contribution in [0.25, 0.3) is 16.7 Å². The van der Waals surface area contributed by atoms with E-state index in [0.717, 1.165) is 29.4 Å². The highest BCUT2D eigenvalue weighted by Gasteiger charge is 2.11. The molecule has 2 aromatic heterocycles. The van der Waals surface area contributed by atoms with E-state index in [1.165, 1.54) is 6.92 Å². The summed E-state index contributed by atoms with van der Waals surface area (Å²) in [6.45, 7) is 3.24. The lowest BCUT2D eigenvalue weighted by atomic mass is 10.2. The Morgan fingerprint density at radius 2 is 1.81 bits per heavy atom. The zero-order valence-electron chi connectivity index (χ0n) is 17.8. The van der Waals surface area contributed by atoms with Gasteiger partial charge in [0.15, 0.2) is 5.82 Å². The number of fused-ring (bicyclic) bond motifs is 3. The zero-order chi connectivity index (χ0) is 22.3. The van der Waals surface area contributed by atoms with Crippen LogP contribution in [0.5, 0.6) is 0 Å².